The number of piperidine rings is 3. The molecule has 0 radical (unpaired) electrons. The van der Waals surface area contributed by atoms with E-state index < -0.39 is 13.3 Å². The number of rotatable bonds is 1. The van der Waals surface area contributed by atoms with E-state index in [4.69, 9.17) is 14.9 Å². The van der Waals surface area contributed by atoms with Crippen LogP contribution in [0.3, 0.4) is 0 Å². The second kappa shape index (κ2) is 16.9. The molecule has 0 atom stereocenters. The molecule has 3 fully saturated rings. The van der Waals surface area contributed by atoms with Gasteiger partial charge in [-0.15, -0.1) is 0 Å². The molecular weight excluding hydrogens is 345 g/mol. The van der Waals surface area contributed by atoms with Crippen LogP contribution in [0.5, 0.6) is 0 Å². The zero-order chi connectivity index (χ0) is 18.8. The molecule has 25 heavy (non-hydrogen) atoms. The van der Waals surface area contributed by atoms with E-state index >= 15 is 0 Å². The van der Waals surface area contributed by atoms with Gasteiger partial charge in [-0.05, 0) is 77.8 Å². The molecular formula is C16H36N3O5P. The standard InChI is InChI=1S/3C5H11N.CH3O5P/c3*1-2-4-6-5-3-1;2-1(3)7(4,5)6/h3*6H,1-5H2;(H,2,3)(H2,4,5,6). The van der Waals surface area contributed by atoms with E-state index in [-0.39, 0.29) is 0 Å². The molecule has 0 aromatic heterocycles. The lowest BCUT2D eigenvalue weighted by atomic mass is 10.2. The number of carboxylic acid groups (broad SMARTS) is 1. The molecule has 0 aromatic rings. The Morgan fingerprint density at radius 1 is 0.600 bits per heavy atom. The minimum Gasteiger partial charge on any atom is -0.472 e. The van der Waals surface area contributed by atoms with E-state index in [2.05, 4.69) is 16.0 Å². The predicted octanol–water partition coefficient (Wildman–Crippen LogP) is 2.12. The summed E-state index contributed by atoms with van der Waals surface area (Å²) >= 11 is 0. The van der Waals surface area contributed by atoms with Crippen molar-refractivity contribution in [3.63, 3.8) is 0 Å². The highest BCUT2D eigenvalue weighted by molar-refractivity contribution is 7.69. The first kappa shape index (κ1) is 24.5. The monoisotopic (exact) mass is 381 g/mol. The van der Waals surface area contributed by atoms with Crippen molar-refractivity contribution >= 4 is 13.3 Å². The molecule has 0 amide bonds. The summed E-state index contributed by atoms with van der Waals surface area (Å²) in [4.78, 5) is 24.5. The van der Waals surface area contributed by atoms with Crippen LogP contribution in [-0.2, 0) is 4.57 Å². The van der Waals surface area contributed by atoms with Crippen LogP contribution in [0.4, 0.5) is 4.79 Å². The van der Waals surface area contributed by atoms with Gasteiger partial charge in [0.15, 0.2) is 0 Å². The van der Waals surface area contributed by atoms with E-state index in [0.29, 0.717) is 0 Å². The van der Waals surface area contributed by atoms with Crippen molar-refractivity contribution in [3.8, 4) is 0 Å². The molecule has 3 rings (SSSR count). The van der Waals surface area contributed by atoms with Gasteiger partial charge in [0.05, 0.1) is 0 Å². The Morgan fingerprint density at radius 3 is 0.840 bits per heavy atom. The summed E-state index contributed by atoms with van der Waals surface area (Å²) in [6, 6.07) is 0. The van der Waals surface area contributed by atoms with Crippen molar-refractivity contribution in [1.82, 2.24) is 16.0 Å². The summed E-state index contributed by atoms with van der Waals surface area (Å²) in [5, 5.41) is 17.3. The molecule has 0 aromatic carbocycles. The second-order valence-corrected chi connectivity index (χ2v) is 7.73. The van der Waals surface area contributed by atoms with Crippen LogP contribution in [0.2, 0.25) is 0 Å². The highest BCUT2D eigenvalue weighted by Gasteiger charge is 2.23. The minimum atomic E-state index is -4.82. The SMILES string of the molecule is C1CCNCC1.C1CCNCC1.C1CCNCC1.O=C(O)P(=O)(O)O. The van der Waals surface area contributed by atoms with Crippen LogP contribution in [0, 0.1) is 0 Å². The van der Waals surface area contributed by atoms with Crippen molar-refractivity contribution in [3.05, 3.63) is 0 Å². The third kappa shape index (κ3) is 19.7. The Hall–Kier alpha value is -0.500. The van der Waals surface area contributed by atoms with Crippen LogP contribution in [-0.4, -0.2) is 59.9 Å². The second-order valence-electron chi connectivity index (χ2n) is 6.26. The first-order chi connectivity index (χ1) is 11.9. The Morgan fingerprint density at radius 2 is 0.800 bits per heavy atom. The smallest absolute Gasteiger partial charge is 0.433 e. The van der Waals surface area contributed by atoms with Crippen molar-refractivity contribution in [2.75, 3.05) is 39.3 Å². The molecule has 3 aliphatic rings. The van der Waals surface area contributed by atoms with Gasteiger partial charge >= 0.3 is 13.3 Å². The first-order valence-corrected chi connectivity index (χ1v) is 11.0. The van der Waals surface area contributed by atoms with Crippen molar-refractivity contribution in [2.24, 2.45) is 0 Å². The van der Waals surface area contributed by atoms with Gasteiger partial charge in [0.25, 0.3) is 0 Å². The van der Waals surface area contributed by atoms with Gasteiger partial charge in [-0.25, -0.2) is 9.36 Å². The molecule has 150 valence electrons. The third-order valence-corrected chi connectivity index (χ3v) is 4.37. The van der Waals surface area contributed by atoms with Crippen LogP contribution < -0.4 is 16.0 Å². The van der Waals surface area contributed by atoms with E-state index in [1.165, 1.54) is 97.1 Å². The van der Waals surface area contributed by atoms with Crippen LogP contribution in [0.1, 0.15) is 57.8 Å². The molecule has 0 bridgehead atoms. The van der Waals surface area contributed by atoms with Gasteiger partial charge in [0.1, 0.15) is 0 Å². The summed E-state index contributed by atoms with van der Waals surface area (Å²) < 4.78 is 9.43. The first-order valence-electron chi connectivity index (χ1n) is 9.36. The van der Waals surface area contributed by atoms with Crippen LogP contribution >= 0.6 is 7.60 Å². The van der Waals surface area contributed by atoms with E-state index in [9.17, 15) is 9.36 Å². The van der Waals surface area contributed by atoms with Gasteiger partial charge in [-0.3, -0.25) is 0 Å². The largest absolute Gasteiger partial charge is 0.472 e. The zero-order valence-electron chi connectivity index (χ0n) is 15.2. The van der Waals surface area contributed by atoms with E-state index in [1.807, 2.05) is 0 Å². The van der Waals surface area contributed by atoms with Crippen molar-refractivity contribution in [1.29, 1.82) is 0 Å². The van der Waals surface area contributed by atoms with Gasteiger partial charge in [-0.2, -0.15) is 0 Å². The van der Waals surface area contributed by atoms with E-state index in [0.717, 1.165) is 0 Å². The fourth-order valence-corrected chi connectivity index (χ4v) is 2.41. The van der Waals surface area contributed by atoms with Crippen molar-refractivity contribution in [2.45, 2.75) is 57.8 Å². The lowest BCUT2D eigenvalue weighted by molar-refractivity contribution is 0.208. The summed E-state index contributed by atoms with van der Waals surface area (Å²) in [6.45, 7) is 7.50. The van der Waals surface area contributed by atoms with Crippen LogP contribution in [0.15, 0.2) is 0 Å². The molecule has 3 heterocycles. The predicted molar refractivity (Wildman–Crippen MR) is 100 cm³/mol. The lowest BCUT2D eigenvalue weighted by Gasteiger charge is -2.08. The Bertz CT molecular complexity index is 291. The molecule has 8 nitrogen and oxygen atoms in total. The summed E-state index contributed by atoms with van der Waals surface area (Å²) in [5.41, 5.74) is -2.09. The molecule has 0 aliphatic carbocycles. The average Bonchev–Trinajstić information content (AvgIpc) is 2.67. The maximum Gasteiger partial charge on any atom is 0.433 e. The van der Waals surface area contributed by atoms with Gasteiger partial charge in [0.2, 0.25) is 0 Å². The molecule has 3 aliphatic heterocycles. The molecule has 0 spiro atoms. The number of carbonyl (C=O) groups is 1. The van der Waals surface area contributed by atoms with Gasteiger partial charge < -0.3 is 30.8 Å². The fraction of sp³-hybridized carbons (Fsp3) is 0.938. The number of hydrogen-bond donors (Lipinski definition) is 6. The minimum absolute atomic E-state index is 1.25. The zero-order valence-corrected chi connectivity index (χ0v) is 16.1. The third-order valence-electron chi connectivity index (χ3n) is 3.87. The topological polar surface area (TPSA) is 131 Å². The Balaban J connectivity index is 0.000000307. The Labute approximate surface area is 151 Å². The number of nitrogens with one attached hydrogen (secondary N) is 3. The molecule has 6 N–H and O–H groups in total. The summed E-state index contributed by atoms with van der Waals surface area (Å²) in [5.74, 6) is 0. The van der Waals surface area contributed by atoms with Crippen molar-refractivity contribution < 1.29 is 24.3 Å². The highest BCUT2D eigenvalue weighted by Crippen LogP contribution is 2.34. The quantitative estimate of drug-likeness (QED) is 0.381. The summed E-state index contributed by atoms with van der Waals surface area (Å²) in [6.07, 6.45) is 12.6. The molecule has 3 saturated heterocycles. The maximum atomic E-state index is 9.43. The molecule has 0 unspecified atom stereocenters. The highest BCUT2D eigenvalue weighted by atomic mass is 31.2. The van der Waals surface area contributed by atoms with E-state index in [1.54, 1.807) is 0 Å². The normalized spacial score (nSPS) is 20.4. The average molecular weight is 381 g/mol. The Kier molecular flexibility index (Phi) is 16.6. The van der Waals surface area contributed by atoms with Crippen LogP contribution in [0.25, 0.3) is 0 Å². The molecule has 9 heteroatoms. The fourth-order valence-electron chi connectivity index (χ4n) is 2.41. The van der Waals surface area contributed by atoms with Gasteiger partial charge in [-0.1, -0.05) is 19.3 Å². The maximum absolute atomic E-state index is 9.43. The lowest BCUT2D eigenvalue weighted by Crippen LogP contribution is -2.21. The molecule has 0 saturated carbocycles. The van der Waals surface area contributed by atoms with Gasteiger partial charge in [0, 0.05) is 0 Å². The summed E-state index contributed by atoms with van der Waals surface area (Å²) in [7, 11) is -4.82. The number of hydrogen-bond acceptors (Lipinski definition) is 5.